The van der Waals surface area contributed by atoms with Crippen molar-refractivity contribution in [1.29, 1.82) is 0 Å². The van der Waals surface area contributed by atoms with Crippen LogP contribution < -0.4 is 5.32 Å². The van der Waals surface area contributed by atoms with Gasteiger partial charge in [0.15, 0.2) is 0 Å². The highest BCUT2D eigenvalue weighted by Crippen LogP contribution is 2.33. The van der Waals surface area contributed by atoms with Gasteiger partial charge in [-0.2, -0.15) is 0 Å². The Morgan fingerprint density at radius 1 is 1.05 bits per heavy atom. The van der Waals surface area contributed by atoms with Crippen LogP contribution in [0, 0.1) is 0 Å². The van der Waals surface area contributed by atoms with Gasteiger partial charge in [-0.15, -0.1) is 0 Å². The SMILES string of the molecule is CCN[C@](O)(C(=O)O)C(c1ccccc1)c1ccccc1. The number of benzene rings is 2. The molecule has 0 saturated carbocycles. The van der Waals surface area contributed by atoms with Crippen LogP contribution in [0.4, 0.5) is 0 Å². The summed E-state index contributed by atoms with van der Waals surface area (Å²) in [6, 6.07) is 18.3. The van der Waals surface area contributed by atoms with Crippen molar-refractivity contribution in [2.75, 3.05) is 6.54 Å². The van der Waals surface area contributed by atoms with E-state index in [0.717, 1.165) is 11.1 Å². The first-order valence-corrected chi connectivity index (χ1v) is 6.90. The van der Waals surface area contributed by atoms with E-state index in [1.165, 1.54) is 0 Å². The van der Waals surface area contributed by atoms with Crippen molar-refractivity contribution in [2.24, 2.45) is 0 Å². The smallest absolute Gasteiger partial charge is 0.352 e. The number of carbonyl (C=O) groups is 1. The highest BCUT2D eigenvalue weighted by atomic mass is 16.4. The Morgan fingerprint density at radius 3 is 1.81 bits per heavy atom. The molecule has 110 valence electrons. The lowest BCUT2D eigenvalue weighted by atomic mass is 9.82. The maximum Gasteiger partial charge on any atom is 0.352 e. The number of aliphatic hydroxyl groups is 1. The van der Waals surface area contributed by atoms with Gasteiger partial charge < -0.3 is 10.2 Å². The fourth-order valence-electron chi connectivity index (χ4n) is 2.54. The molecule has 21 heavy (non-hydrogen) atoms. The monoisotopic (exact) mass is 285 g/mol. The van der Waals surface area contributed by atoms with Crippen molar-refractivity contribution < 1.29 is 15.0 Å². The Bertz CT molecular complexity index is 546. The van der Waals surface area contributed by atoms with Gasteiger partial charge in [0, 0.05) is 0 Å². The van der Waals surface area contributed by atoms with E-state index >= 15 is 0 Å². The molecule has 0 heterocycles. The van der Waals surface area contributed by atoms with E-state index in [1.807, 2.05) is 60.7 Å². The van der Waals surface area contributed by atoms with Crippen LogP contribution in [0.15, 0.2) is 60.7 Å². The van der Waals surface area contributed by atoms with Crippen molar-refractivity contribution in [3.8, 4) is 0 Å². The van der Waals surface area contributed by atoms with Crippen LogP contribution in [-0.4, -0.2) is 28.5 Å². The molecular weight excluding hydrogens is 266 g/mol. The van der Waals surface area contributed by atoms with Crippen LogP contribution >= 0.6 is 0 Å². The zero-order valence-electron chi connectivity index (χ0n) is 11.9. The number of carboxylic acid groups (broad SMARTS) is 1. The van der Waals surface area contributed by atoms with Gasteiger partial charge in [-0.3, -0.25) is 5.32 Å². The van der Waals surface area contributed by atoms with Gasteiger partial charge in [0.05, 0.1) is 5.92 Å². The minimum atomic E-state index is -2.06. The van der Waals surface area contributed by atoms with Crippen LogP contribution in [0.25, 0.3) is 0 Å². The first-order valence-electron chi connectivity index (χ1n) is 6.90. The average Bonchev–Trinajstić information content (AvgIpc) is 2.50. The first kappa shape index (κ1) is 15.2. The molecule has 0 aliphatic carbocycles. The Morgan fingerprint density at radius 2 is 1.48 bits per heavy atom. The van der Waals surface area contributed by atoms with Crippen LogP contribution in [0.3, 0.4) is 0 Å². The van der Waals surface area contributed by atoms with Crippen molar-refractivity contribution in [1.82, 2.24) is 5.32 Å². The second-order valence-corrected chi connectivity index (χ2v) is 4.86. The van der Waals surface area contributed by atoms with E-state index in [2.05, 4.69) is 5.32 Å². The van der Waals surface area contributed by atoms with Crippen molar-refractivity contribution in [3.05, 3.63) is 71.8 Å². The van der Waals surface area contributed by atoms with Gasteiger partial charge in [-0.25, -0.2) is 4.79 Å². The summed E-state index contributed by atoms with van der Waals surface area (Å²) in [6.07, 6.45) is 0. The highest BCUT2D eigenvalue weighted by Gasteiger charge is 2.45. The molecule has 1 atom stereocenters. The van der Waals surface area contributed by atoms with Gasteiger partial charge in [0.1, 0.15) is 0 Å². The molecule has 0 amide bonds. The molecule has 2 aromatic carbocycles. The van der Waals surface area contributed by atoms with Crippen molar-refractivity contribution in [2.45, 2.75) is 18.6 Å². The molecule has 0 bridgehead atoms. The van der Waals surface area contributed by atoms with Gasteiger partial charge in [0.2, 0.25) is 5.72 Å². The van der Waals surface area contributed by atoms with Crippen LogP contribution in [0.2, 0.25) is 0 Å². The molecule has 4 nitrogen and oxygen atoms in total. The van der Waals surface area contributed by atoms with E-state index in [0.29, 0.717) is 6.54 Å². The lowest BCUT2D eigenvalue weighted by Gasteiger charge is -2.33. The molecule has 0 aliphatic heterocycles. The molecular formula is C17H19NO3. The van der Waals surface area contributed by atoms with Gasteiger partial charge in [0.25, 0.3) is 0 Å². The largest absolute Gasteiger partial charge is 0.478 e. The number of carboxylic acids is 1. The van der Waals surface area contributed by atoms with E-state index < -0.39 is 17.6 Å². The number of aliphatic carboxylic acids is 1. The third-order valence-electron chi connectivity index (χ3n) is 3.46. The molecule has 3 N–H and O–H groups in total. The third kappa shape index (κ3) is 3.12. The molecule has 0 spiro atoms. The maximum absolute atomic E-state index is 11.7. The number of hydrogen-bond acceptors (Lipinski definition) is 3. The number of hydrogen-bond donors (Lipinski definition) is 3. The fourth-order valence-corrected chi connectivity index (χ4v) is 2.54. The Hall–Kier alpha value is -2.17. The maximum atomic E-state index is 11.7. The lowest BCUT2D eigenvalue weighted by molar-refractivity contribution is -0.164. The molecule has 0 saturated heterocycles. The van der Waals surface area contributed by atoms with E-state index in [9.17, 15) is 15.0 Å². The molecule has 0 unspecified atom stereocenters. The Kier molecular flexibility index (Phi) is 4.73. The molecule has 2 aromatic rings. The van der Waals surface area contributed by atoms with E-state index in [4.69, 9.17) is 0 Å². The van der Waals surface area contributed by atoms with Crippen LogP contribution in [0.5, 0.6) is 0 Å². The van der Waals surface area contributed by atoms with Crippen LogP contribution in [-0.2, 0) is 4.79 Å². The minimum absolute atomic E-state index is 0.346. The van der Waals surface area contributed by atoms with Gasteiger partial charge in [-0.05, 0) is 17.7 Å². The molecule has 4 heteroatoms. The second-order valence-electron chi connectivity index (χ2n) is 4.86. The first-order chi connectivity index (χ1) is 10.1. The number of nitrogens with one attached hydrogen (secondary N) is 1. The molecule has 0 aliphatic rings. The molecule has 0 radical (unpaired) electrons. The topological polar surface area (TPSA) is 69.6 Å². The van der Waals surface area contributed by atoms with E-state index in [1.54, 1.807) is 6.92 Å². The zero-order valence-corrected chi connectivity index (χ0v) is 11.9. The normalized spacial score (nSPS) is 13.9. The summed E-state index contributed by atoms with van der Waals surface area (Å²) in [7, 11) is 0. The molecule has 0 fully saturated rings. The summed E-state index contributed by atoms with van der Waals surface area (Å²) in [4.78, 5) is 11.7. The van der Waals surface area contributed by atoms with E-state index in [-0.39, 0.29) is 0 Å². The minimum Gasteiger partial charge on any atom is -0.478 e. The Labute approximate surface area is 124 Å². The number of rotatable bonds is 6. The quantitative estimate of drug-likeness (QED) is 0.712. The Balaban J connectivity index is 2.58. The summed E-state index contributed by atoms with van der Waals surface area (Å²) < 4.78 is 0. The predicted molar refractivity (Wildman–Crippen MR) is 81.0 cm³/mol. The van der Waals surface area contributed by atoms with Crippen LogP contribution in [0.1, 0.15) is 24.0 Å². The standard InChI is InChI=1S/C17H19NO3/c1-2-18-17(21,16(19)20)15(13-9-5-3-6-10-13)14-11-7-4-8-12-14/h3-12,15,18,21H,2H2,1H3,(H,19,20)/t17-/m1/s1. The third-order valence-corrected chi connectivity index (χ3v) is 3.46. The van der Waals surface area contributed by atoms with Gasteiger partial charge in [-0.1, -0.05) is 67.6 Å². The second kappa shape index (κ2) is 6.52. The average molecular weight is 285 g/mol. The van der Waals surface area contributed by atoms with Crippen molar-refractivity contribution in [3.63, 3.8) is 0 Å². The highest BCUT2D eigenvalue weighted by molar-refractivity contribution is 5.79. The lowest BCUT2D eigenvalue weighted by Crippen LogP contribution is -2.56. The summed E-state index contributed by atoms with van der Waals surface area (Å²) in [5, 5.41) is 23.0. The summed E-state index contributed by atoms with van der Waals surface area (Å²) in [5.41, 5.74) is -0.568. The van der Waals surface area contributed by atoms with Crippen molar-refractivity contribution >= 4 is 5.97 Å². The fraction of sp³-hybridized carbons (Fsp3) is 0.235. The number of likely N-dealkylation sites (N-methyl/N-ethyl adjacent to an activating group) is 1. The predicted octanol–water partition coefficient (Wildman–Crippen LogP) is 2.20. The molecule has 2 rings (SSSR count). The summed E-state index contributed by atoms with van der Waals surface area (Å²) in [5.74, 6) is -1.99. The zero-order chi connectivity index (χ0) is 15.3. The van der Waals surface area contributed by atoms with Gasteiger partial charge >= 0.3 is 5.97 Å². The summed E-state index contributed by atoms with van der Waals surface area (Å²) >= 11 is 0. The molecule has 0 aromatic heterocycles. The summed E-state index contributed by atoms with van der Waals surface area (Å²) in [6.45, 7) is 2.11.